The Kier molecular flexibility index (Phi) is 3.12. The van der Waals surface area contributed by atoms with Gasteiger partial charge in [0.15, 0.2) is 0 Å². The number of carboxylic acid groups (broad SMARTS) is 1. The number of phenolic OH excluding ortho intramolecular Hbond substituents is 1. The van der Waals surface area contributed by atoms with Crippen molar-refractivity contribution in [1.29, 1.82) is 0 Å². The summed E-state index contributed by atoms with van der Waals surface area (Å²) in [6.45, 7) is -0.468. The van der Waals surface area contributed by atoms with Crippen LogP contribution >= 0.6 is 0 Å². The molecular weight excluding hydrogens is 200 g/mol. The van der Waals surface area contributed by atoms with Crippen LogP contribution in [-0.4, -0.2) is 28.6 Å². The maximum absolute atomic E-state index is 11.3. The number of carbonyl (C=O) groups excluding carboxylic acids is 1. The Labute approximate surface area is 85.3 Å². The van der Waals surface area contributed by atoms with Crippen molar-refractivity contribution in [2.45, 2.75) is 0 Å². The molecule has 1 aromatic carbocycles. The molecule has 0 bridgehead atoms. The standard InChI is InChI=1S/C9H10N2O4/c10-6-2-1-5(3-7(6)12)9(15)11-4-8(13)14/h1-3,12H,4,10H2,(H,11,15)(H,13,14). The van der Waals surface area contributed by atoms with Crippen LogP contribution in [0, 0.1) is 0 Å². The first-order valence-corrected chi connectivity index (χ1v) is 4.09. The third kappa shape index (κ3) is 2.87. The fourth-order valence-electron chi connectivity index (χ4n) is 0.943. The summed E-state index contributed by atoms with van der Waals surface area (Å²) in [5.41, 5.74) is 5.65. The van der Waals surface area contributed by atoms with Crippen LogP contribution in [0.1, 0.15) is 10.4 Å². The molecule has 0 saturated carbocycles. The second kappa shape index (κ2) is 4.32. The molecule has 0 aliphatic heterocycles. The van der Waals surface area contributed by atoms with Crippen molar-refractivity contribution in [1.82, 2.24) is 5.32 Å². The highest BCUT2D eigenvalue weighted by molar-refractivity contribution is 5.96. The molecule has 80 valence electrons. The van der Waals surface area contributed by atoms with Gasteiger partial charge in [0.25, 0.3) is 5.91 Å². The molecule has 0 aliphatic carbocycles. The highest BCUT2D eigenvalue weighted by Crippen LogP contribution is 2.20. The zero-order chi connectivity index (χ0) is 11.4. The first kappa shape index (κ1) is 10.8. The molecule has 1 rings (SSSR count). The van der Waals surface area contributed by atoms with Crippen LogP contribution in [0.3, 0.4) is 0 Å². The Balaban J connectivity index is 2.74. The van der Waals surface area contributed by atoms with E-state index in [-0.39, 0.29) is 17.0 Å². The van der Waals surface area contributed by atoms with Gasteiger partial charge >= 0.3 is 5.97 Å². The molecule has 6 heteroatoms. The van der Waals surface area contributed by atoms with Crippen molar-refractivity contribution < 1.29 is 19.8 Å². The lowest BCUT2D eigenvalue weighted by molar-refractivity contribution is -0.135. The number of carbonyl (C=O) groups is 2. The van der Waals surface area contributed by atoms with Gasteiger partial charge in [-0.15, -0.1) is 0 Å². The summed E-state index contributed by atoms with van der Waals surface area (Å²) in [5, 5.41) is 19.7. The molecule has 0 radical (unpaired) electrons. The Hall–Kier alpha value is -2.24. The average molecular weight is 210 g/mol. The molecule has 0 unspecified atom stereocenters. The number of nitrogens with two attached hydrogens (primary N) is 1. The topological polar surface area (TPSA) is 113 Å². The summed E-state index contributed by atoms with van der Waals surface area (Å²) in [6, 6.07) is 3.93. The fourth-order valence-corrected chi connectivity index (χ4v) is 0.943. The third-order valence-corrected chi connectivity index (χ3v) is 1.69. The van der Waals surface area contributed by atoms with Gasteiger partial charge in [0.1, 0.15) is 12.3 Å². The molecule has 0 spiro atoms. The number of anilines is 1. The minimum atomic E-state index is -1.14. The zero-order valence-electron chi connectivity index (χ0n) is 7.73. The Morgan fingerprint density at radius 2 is 2.07 bits per heavy atom. The van der Waals surface area contributed by atoms with Crippen LogP contribution in [0.5, 0.6) is 5.75 Å². The number of aromatic hydroxyl groups is 1. The number of aliphatic carboxylic acids is 1. The number of nitrogen functional groups attached to an aromatic ring is 1. The summed E-state index contributed by atoms with van der Waals surface area (Å²) in [4.78, 5) is 21.5. The van der Waals surface area contributed by atoms with Gasteiger partial charge in [0.05, 0.1) is 5.69 Å². The van der Waals surface area contributed by atoms with E-state index in [1.165, 1.54) is 18.2 Å². The second-order valence-electron chi connectivity index (χ2n) is 2.85. The first-order valence-electron chi connectivity index (χ1n) is 4.09. The van der Waals surface area contributed by atoms with Gasteiger partial charge in [-0.05, 0) is 18.2 Å². The van der Waals surface area contributed by atoms with Crippen LogP contribution in [0.15, 0.2) is 18.2 Å². The van der Waals surface area contributed by atoms with Gasteiger partial charge in [-0.3, -0.25) is 9.59 Å². The molecule has 1 amide bonds. The highest BCUT2D eigenvalue weighted by Gasteiger charge is 2.08. The van der Waals surface area contributed by atoms with E-state index in [1.807, 2.05) is 0 Å². The van der Waals surface area contributed by atoms with E-state index in [0.29, 0.717) is 0 Å². The first-order chi connectivity index (χ1) is 7.00. The SMILES string of the molecule is Nc1ccc(C(=O)NCC(=O)O)cc1O. The van der Waals surface area contributed by atoms with Gasteiger partial charge in [-0.2, -0.15) is 0 Å². The summed E-state index contributed by atoms with van der Waals surface area (Å²) in [5.74, 6) is -1.92. The monoisotopic (exact) mass is 210 g/mol. The average Bonchev–Trinajstić information content (AvgIpc) is 2.18. The smallest absolute Gasteiger partial charge is 0.322 e. The molecule has 15 heavy (non-hydrogen) atoms. The predicted molar refractivity (Wildman–Crippen MR) is 52.5 cm³/mol. The summed E-state index contributed by atoms with van der Waals surface area (Å²) in [6.07, 6.45) is 0. The summed E-state index contributed by atoms with van der Waals surface area (Å²) in [7, 11) is 0. The van der Waals surface area contributed by atoms with Crippen LogP contribution < -0.4 is 11.1 Å². The normalized spacial score (nSPS) is 9.60. The van der Waals surface area contributed by atoms with E-state index in [2.05, 4.69) is 5.32 Å². The van der Waals surface area contributed by atoms with E-state index in [4.69, 9.17) is 10.8 Å². The van der Waals surface area contributed by atoms with Crippen molar-refractivity contribution >= 4 is 17.6 Å². The number of hydrogen-bond acceptors (Lipinski definition) is 4. The van der Waals surface area contributed by atoms with Crippen molar-refractivity contribution in [3.63, 3.8) is 0 Å². The van der Waals surface area contributed by atoms with Crippen LogP contribution in [0.4, 0.5) is 5.69 Å². The molecule has 0 aliphatic rings. The predicted octanol–water partition coefficient (Wildman–Crippen LogP) is -0.211. The van der Waals surface area contributed by atoms with Crippen LogP contribution in [0.2, 0.25) is 0 Å². The van der Waals surface area contributed by atoms with E-state index < -0.39 is 18.4 Å². The molecule has 0 heterocycles. The fraction of sp³-hybridized carbons (Fsp3) is 0.111. The number of benzene rings is 1. The molecule has 0 saturated heterocycles. The Morgan fingerprint density at radius 1 is 1.40 bits per heavy atom. The Morgan fingerprint density at radius 3 is 2.60 bits per heavy atom. The molecule has 0 atom stereocenters. The molecule has 0 fully saturated rings. The van der Waals surface area contributed by atoms with Gasteiger partial charge in [-0.25, -0.2) is 0 Å². The number of nitrogens with one attached hydrogen (secondary N) is 1. The largest absolute Gasteiger partial charge is 0.506 e. The molecule has 0 aromatic heterocycles. The summed E-state index contributed by atoms with van der Waals surface area (Å²) < 4.78 is 0. The second-order valence-corrected chi connectivity index (χ2v) is 2.85. The lowest BCUT2D eigenvalue weighted by atomic mass is 10.2. The number of carboxylic acids is 1. The quantitative estimate of drug-likeness (QED) is 0.407. The lowest BCUT2D eigenvalue weighted by Gasteiger charge is -2.04. The molecule has 5 N–H and O–H groups in total. The molecule has 1 aromatic rings. The van der Waals surface area contributed by atoms with Gasteiger partial charge in [0.2, 0.25) is 0 Å². The van der Waals surface area contributed by atoms with Gasteiger partial charge in [0, 0.05) is 5.56 Å². The molecular formula is C9H10N2O4. The number of rotatable bonds is 3. The van der Waals surface area contributed by atoms with Crippen LogP contribution in [0.25, 0.3) is 0 Å². The van der Waals surface area contributed by atoms with Gasteiger partial charge < -0.3 is 21.3 Å². The maximum atomic E-state index is 11.3. The zero-order valence-corrected chi connectivity index (χ0v) is 7.73. The van der Waals surface area contributed by atoms with Crippen molar-refractivity contribution in [3.8, 4) is 5.75 Å². The molecule has 6 nitrogen and oxygen atoms in total. The van der Waals surface area contributed by atoms with Crippen molar-refractivity contribution in [3.05, 3.63) is 23.8 Å². The minimum Gasteiger partial charge on any atom is -0.506 e. The third-order valence-electron chi connectivity index (χ3n) is 1.69. The number of phenols is 1. The maximum Gasteiger partial charge on any atom is 0.322 e. The Bertz CT molecular complexity index is 403. The summed E-state index contributed by atoms with van der Waals surface area (Å²) >= 11 is 0. The van der Waals surface area contributed by atoms with E-state index >= 15 is 0 Å². The van der Waals surface area contributed by atoms with E-state index in [9.17, 15) is 14.7 Å². The van der Waals surface area contributed by atoms with E-state index in [1.54, 1.807) is 0 Å². The van der Waals surface area contributed by atoms with Crippen LogP contribution in [-0.2, 0) is 4.79 Å². The van der Waals surface area contributed by atoms with E-state index in [0.717, 1.165) is 0 Å². The van der Waals surface area contributed by atoms with Crippen molar-refractivity contribution in [2.24, 2.45) is 0 Å². The minimum absolute atomic E-state index is 0.156. The lowest BCUT2D eigenvalue weighted by Crippen LogP contribution is -2.29. The van der Waals surface area contributed by atoms with Gasteiger partial charge in [-0.1, -0.05) is 0 Å². The van der Waals surface area contributed by atoms with Crippen molar-refractivity contribution in [2.75, 3.05) is 12.3 Å². The number of amides is 1. The number of hydrogen-bond donors (Lipinski definition) is 4. The highest BCUT2D eigenvalue weighted by atomic mass is 16.4.